The lowest BCUT2D eigenvalue weighted by molar-refractivity contribution is -0.192. The molecule has 0 saturated carbocycles. The van der Waals surface area contributed by atoms with Gasteiger partial charge in [0.25, 0.3) is 0 Å². The summed E-state index contributed by atoms with van der Waals surface area (Å²) >= 11 is 0. The molecule has 0 radical (unpaired) electrons. The maximum atomic E-state index is 13.6. The highest BCUT2D eigenvalue weighted by Crippen LogP contribution is 2.37. The summed E-state index contributed by atoms with van der Waals surface area (Å²) in [7, 11) is 0. The Morgan fingerprint density at radius 1 is 0.750 bits per heavy atom. The van der Waals surface area contributed by atoms with E-state index in [0.717, 1.165) is 21.6 Å². The highest BCUT2D eigenvalue weighted by Gasteiger charge is 2.54. The van der Waals surface area contributed by atoms with Crippen LogP contribution in [0, 0.1) is 0 Å². The van der Waals surface area contributed by atoms with E-state index in [0.29, 0.717) is 0 Å². The summed E-state index contributed by atoms with van der Waals surface area (Å²) in [6.07, 6.45) is -7.85. The smallest absolute Gasteiger partial charge is 0.369 e. The van der Waals surface area contributed by atoms with Crippen molar-refractivity contribution in [3.8, 4) is 0 Å². The van der Waals surface area contributed by atoms with Gasteiger partial charge in [-0.25, -0.2) is 0 Å². The van der Waals surface area contributed by atoms with Crippen LogP contribution in [0.4, 0.5) is 13.2 Å². The maximum absolute atomic E-state index is 13.6. The number of amides is 1. The van der Waals surface area contributed by atoms with Crippen molar-refractivity contribution in [2.75, 3.05) is 13.1 Å². The number of ether oxygens (including phenoxy) is 4. The largest absolute Gasteiger partial charge is 0.471 e. The van der Waals surface area contributed by atoms with Gasteiger partial charge in [-0.15, -0.1) is 0 Å². The highest BCUT2D eigenvalue weighted by molar-refractivity contribution is 5.81. The lowest BCUT2D eigenvalue weighted by Crippen LogP contribution is -2.52. The van der Waals surface area contributed by atoms with Crippen LogP contribution in [-0.2, 0) is 43.6 Å². The van der Waals surface area contributed by atoms with Gasteiger partial charge in [-0.2, -0.15) is 13.2 Å². The maximum Gasteiger partial charge on any atom is 0.471 e. The molecule has 3 aromatic rings. The Bertz CT molecular complexity index is 1210. The summed E-state index contributed by atoms with van der Waals surface area (Å²) < 4.78 is 65.8. The molecule has 0 aliphatic carbocycles. The second-order valence-electron chi connectivity index (χ2n) is 10.0. The number of carbonyl (C=O) groups is 1. The molecule has 3 aromatic carbocycles. The zero-order valence-corrected chi connectivity index (χ0v) is 21.9. The summed E-state index contributed by atoms with van der Waals surface area (Å²) in [4.78, 5) is 13.3. The fourth-order valence-electron chi connectivity index (χ4n) is 4.99. The molecular formula is C31H32F3NO5. The quantitative estimate of drug-likeness (QED) is 0.335. The Labute approximate surface area is 231 Å². The van der Waals surface area contributed by atoms with Crippen LogP contribution >= 0.6 is 0 Å². The van der Waals surface area contributed by atoms with Gasteiger partial charge < -0.3 is 23.8 Å². The summed E-state index contributed by atoms with van der Waals surface area (Å²) in [5.74, 6) is -1.90. The molecule has 2 saturated heterocycles. The molecule has 2 aliphatic rings. The Morgan fingerprint density at radius 2 is 1.23 bits per heavy atom. The van der Waals surface area contributed by atoms with Crippen molar-refractivity contribution in [1.29, 1.82) is 0 Å². The first-order chi connectivity index (χ1) is 19.4. The Balaban J connectivity index is 1.46. The van der Waals surface area contributed by atoms with E-state index in [4.69, 9.17) is 18.9 Å². The van der Waals surface area contributed by atoms with Crippen LogP contribution in [0.3, 0.4) is 0 Å². The summed E-state index contributed by atoms with van der Waals surface area (Å²) in [5, 5.41) is 0. The lowest BCUT2D eigenvalue weighted by atomic mass is 10.0. The SMILES string of the molecule is O=C(N1CC[C@@H]2O[C@@H]2[C@@H](OCc2ccccc2)[C@H](OCc2ccccc2)[C@@H](OCc2ccccc2)C1)C(F)(F)F. The number of fused-ring (bicyclic) bond motifs is 1. The van der Waals surface area contributed by atoms with Crippen LogP contribution in [0.15, 0.2) is 91.0 Å². The molecular weight excluding hydrogens is 523 g/mol. The van der Waals surface area contributed by atoms with Gasteiger partial charge in [0.2, 0.25) is 0 Å². The van der Waals surface area contributed by atoms with Gasteiger partial charge in [-0.05, 0) is 23.1 Å². The van der Waals surface area contributed by atoms with Gasteiger partial charge in [-0.3, -0.25) is 4.79 Å². The fraction of sp³-hybridized carbons (Fsp3) is 0.387. The molecule has 0 unspecified atom stereocenters. The number of rotatable bonds is 9. The molecule has 0 aromatic heterocycles. The fourth-order valence-corrected chi connectivity index (χ4v) is 4.99. The number of hydrogen-bond donors (Lipinski definition) is 0. The first kappa shape index (κ1) is 28.3. The van der Waals surface area contributed by atoms with Crippen LogP contribution in [0.2, 0.25) is 0 Å². The number of alkyl halides is 3. The Hall–Kier alpha value is -3.24. The predicted molar refractivity (Wildman–Crippen MR) is 141 cm³/mol. The standard InChI is InChI=1S/C31H32F3NO5/c32-31(33,34)30(36)35-17-16-25-28(40-25)29(39-21-24-14-8-3-9-15-24)27(38-20-23-12-6-2-7-13-23)26(18-35)37-19-22-10-4-1-5-11-22/h1-15,25-29H,16-21H2/t25-,26-,27+,28-,29-/m0/s1. The minimum Gasteiger partial charge on any atom is -0.369 e. The molecule has 40 heavy (non-hydrogen) atoms. The summed E-state index contributed by atoms with van der Waals surface area (Å²) in [6, 6.07) is 28.4. The van der Waals surface area contributed by atoms with E-state index < -0.39 is 36.5 Å². The van der Waals surface area contributed by atoms with E-state index in [2.05, 4.69) is 0 Å². The highest BCUT2D eigenvalue weighted by atomic mass is 19.4. The summed E-state index contributed by atoms with van der Waals surface area (Å²) in [6.45, 7) is 0.175. The third-order valence-corrected chi connectivity index (χ3v) is 7.13. The number of hydrogen-bond acceptors (Lipinski definition) is 5. The van der Waals surface area contributed by atoms with Crippen molar-refractivity contribution < 1.29 is 36.9 Å². The van der Waals surface area contributed by atoms with Gasteiger partial charge in [0, 0.05) is 13.1 Å². The average Bonchev–Trinajstić information content (AvgIpc) is 3.74. The monoisotopic (exact) mass is 555 g/mol. The molecule has 212 valence electrons. The predicted octanol–water partition coefficient (Wildman–Crippen LogP) is 5.30. The van der Waals surface area contributed by atoms with Gasteiger partial charge in [0.15, 0.2) is 0 Å². The Morgan fingerprint density at radius 3 is 1.73 bits per heavy atom. The summed E-state index contributed by atoms with van der Waals surface area (Å²) in [5.41, 5.74) is 2.68. The van der Waals surface area contributed by atoms with Gasteiger partial charge >= 0.3 is 12.1 Å². The second kappa shape index (κ2) is 13.0. The minimum atomic E-state index is -5.01. The van der Waals surface area contributed by atoms with E-state index in [9.17, 15) is 18.0 Å². The molecule has 9 heteroatoms. The number of halogens is 3. The van der Waals surface area contributed by atoms with E-state index in [-0.39, 0.29) is 45.4 Å². The molecule has 5 atom stereocenters. The second-order valence-corrected chi connectivity index (χ2v) is 10.0. The van der Waals surface area contributed by atoms with Crippen molar-refractivity contribution in [2.45, 2.75) is 62.9 Å². The molecule has 0 N–H and O–H groups in total. The topological polar surface area (TPSA) is 60.5 Å². The van der Waals surface area contributed by atoms with Gasteiger partial charge in [0.1, 0.15) is 24.4 Å². The number of epoxide rings is 1. The van der Waals surface area contributed by atoms with Crippen molar-refractivity contribution in [1.82, 2.24) is 4.90 Å². The number of benzene rings is 3. The van der Waals surface area contributed by atoms with Crippen molar-refractivity contribution in [2.24, 2.45) is 0 Å². The molecule has 1 amide bonds. The molecule has 2 fully saturated rings. The molecule has 0 spiro atoms. The van der Waals surface area contributed by atoms with Crippen LogP contribution < -0.4 is 0 Å². The zero-order chi connectivity index (χ0) is 28.0. The first-order valence-corrected chi connectivity index (χ1v) is 13.4. The van der Waals surface area contributed by atoms with Gasteiger partial charge in [0.05, 0.1) is 25.9 Å². The van der Waals surface area contributed by atoms with E-state index >= 15 is 0 Å². The van der Waals surface area contributed by atoms with Crippen molar-refractivity contribution in [3.63, 3.8) is 0 Å². The molecule has 2 aliphatic heterocycles. The minimum absolute atomic E-state index is 0.110. The van der Waals surface area contributed by atoms with Gasteiger partial charge in [-0.1, -0.05) is 91.0 Å². The van der Waals surface area contributed by atoms with Crippen molar-refractivity contribution >= 4 is 5.91 Å². The third-order valence-electron chi connectivity index (χ3n) is 7.13. The Kier molecular flexibility index (Phi) is 9.16. The van der Waals surface area contributed by atoms with E-state index in [1.807, 2.05) is 91.0 Å². The molecule has 6 nitrogen and oxygen atoms in total. The lowest BCUT2D eigenvalue weighted by Gasteiger charge is -2.35. The van der Waals surface area contributed by atoms with Crippen LogP contribution in [0.1, 0.15) is 23.1 Å². The third kappa shape index (κ3) is 7.48. The normalized spacial score (nSPS) is 24.9. The van der Waals surface area contributed by atoms with Crippen LogP contribution in [-0.4, -0.2) is 60.6 Å². The average molecular weight is 556 g/mol. The van der Waals surface area contributed by atoms with Crippen LogP contribution in [0.25, 0.3) is 0 Å². The molecule has 0 bridgehead atoms. The van der Waals surface area contributed by atoms with E-state index in [1.165, 1.54) is 0 Å². The first-order valence-electron chi connectivity index (χ1n) is 13.4. The molecule has 5 rings (SSSR count). The van der Waals surface area contributed by atoms with E-state index in [1.54, 1.807) is 0 Å². The zero-order valence-electron chi connectivity index (χ0n) is 21.9. The van der Waals surface area contributed by atoms with Crippen molar-refractivity contribution in [3.05, 3.63) is 108 Å². The molecule has 2 heterocycles. The number of nitrogens with zero attached hydrogens (tertiary/aromatic N) is 1. The number of carbonyl (C=O) groups excluding carboxylic acids is 1. The van der Waals surface area contributed by atoms with Crippen LogP contribution in [0.5, 0.6) is 0 Å².